The maximum Gasteiger partial charge on any atom is 0.120 e. The van der Waals surface area contributed by atoms with Crippen molar-refractivity contribution in [2.24, 2.45) is 5.73 Å². The summed E-state index contributed by atoms with van der Waals surface area (Å²) in [6.07, 6.45) is 0. The molecular formula is C12H17N3S. The van der Waals surface area contributed by atoms with Crippen LogP contribution in [0.1, 0.15) is 13.8 Å². The van der Waals surface area contributed by atoms with Crippen LogP contribution in [-0.2, 0) is 0 Å². The summed E-state index contributed by atoms with van der Waals surface area (Å²) in [5, 5.41) is 2.46. The van der Waals surface area contributed by atoms with Gasteiger partial charge in [-0.15, -0.1) is 0 Å². The van der Waals surface area contributed by atoms with Crippen LogP contribution in [0.3, 0.4) is 0 Å². The number of aromatic nitrogens is 1. The van der Waals surface area contributed by atoms with Gasteiger partial charge in [-0.25, -0.2) is 0 Å². The Hall–Kier alpha value is -1.13. The van der Waals surface area contributed by atoms with E-state index in [-0.39, 0.29) is 0 Å². The Morgan fingerprint density at radius 3 is 2.81 bits per heavy atom. The first-order valence-corrected chi connectivity index (χ1v) is 6.32. The monoisotopic (exact) mass is 235 g/mol. The van der Waals surface area contributed by atoms with Gasteiger partial charge in [0.15, 0.2) is 0 Å². The molecule has 0 amide bonds. The lowest BCUT2D eigenvalue weighted by Gasteiger charge is -2.26. The molecule has 16 heavy (non-hydrogen) atoms. The zero-order chi connectivity index (χ0) is 11.5. The highest BCUT2D eigenvalue weighted by atomic mass is 32.1. The highest BCUT2D eigenvalue weighted by Gasteiger charge is 2.15. The fourth-order valence-electron chi connectivity index (χ4n) is 1.82. The number of benzene rings is 1. The third-order valence-corrected chi connectivity index (χ3v) is 3.53. The molecule has 0 saturated carbocycles. The van der Waals surface area contributed by atoms with Crippen LogP contribution in [0, 0.1) is 0 Å². The highest BCUT2D eigenvalue weighted by molar-refractivity contribution is 7.11. The van der Waals surface area contributed by atoms with Gasteiger partial charge in [-0.1, -0.05) is 12.1 Å². The summed E-state index contributed by atoms with van der Waals surface area (Å²) in [5.41, 5.74) is 6.73. The molecular weight excluding hydrogens is 218 g/mol. The van der Waals surface area contributed by atoms with Gasteiger partial charge in [-0.3, -0.25) is 0 Å². The molecule has 0 radical (unpaired) electrons. The average Bonchev–Trinajstić information content (AvgIpc) is 2.69. The van der Waals surface area contributed by atoms with Crippen molar-refractivity contribution in [2.75, 3.05) is 18.0 Å². The number of fused-ring (bicyclic) bond motifs is 1. The Labute approximate surface area is 100 Å². The van der Waals surface area contributed by atoms with Gasteiger partial charge in [0.25, 0.3) is 0 Å². The molecule has 0 saturated heterocycles. The Morgan fingerprint density at radius 2 is 2.12 bits per heavy atom. The quantitative estimate of drug-likeness (QED) is 0.885. The lowest BCUT2D eigenvalue weighted by atomic mass is 10.2. The van der Waals surface area contributed by atoms with Crippen LogP contribution in [0.15, 0.2) is 24.3 Å². The van der Waals surface area contributed by atoms with E-state index in [4.69, 9.17) is 5.73 Å². The van der Waals surface area contributed by atoms with E-state index in [0.29, 0.717) is 12.6 Å². The first kappa shape index (κ1) is 11.4. The number of anilines is 1. The third kappa shape index (κ3) is 2.03. The molecule has 0 aliphatic rings. The fourth-order valence-corrected chi connectivity index (χ4v) is 2.84. The summed E-state index contributed by atoms with van der Waals surface area (Å²) in [4.78, 5) is 2.32. The Balaban J connectivity index is 2.44. The summed E-state index contributed by atoms with van der Waals surface area (Å²) in [7, 11) is 0. The van der Waals surface area contributed by atoms with E-state index in [1.165, 1.54) is 10.4 Å². The second-order valence-electron chi connectivity index (χ2n) is 4.08. The normalized spacial score (nSPS) is 11.2. The van der Waals surface area contributed by atoms with Gasteiger partial charge in [-0.05, 0) is 37.5 Å². The molecule has 4 heteroatoms. The van der Waals surface area contributed by atoms with E-state index in [1.807, 2.05) is 6.07 Å². The maximum atomic E-state index is 5.66. The largest absolute Gasteiger partial charge is 0.358 e. The average molecular weight is 235 g/mol. The summed E-state index contributed by atoms with van der Waals surface area (Å²) >= 11 is 1.56. The van der Waals surface area contributed by atoms with E-state index in [1.54, 1.807) is 11.5 Å². The summed E-state index contributed by atoms with van der Waals surface area (Å²) < 4.78 is 4.46. The SMILES string of the molecule is CC(C)N(CCN)c1snc2ccccc12. The molecule has 0 atom stereocenters. The van der Waals surface area contributed by atoms with Crippen molar-refractivity contribution in [1.82, 2.24) is 4.37 Å². The van der Waals surface area contributed by atoms with Gasteiger partial charge in [0.1, 0.15) is 5.00 Å². The number of hydrogen-bond donors (Lipinski definition) is 1. The minimum atomic E-state index is 0.451. The van der Waals surface area contributed by atoms with Gasteiger partial charge in [0.2, 0.25) is 0 Å². The lowest BCUT2D eigenvalue weighted by molar-refractivity contribution is 0.691. The van der Waals surface area contributed by atoms with Crippen LogP contribution in [0.25, 0.3) is 10.9 Å². The van der Waals surface area contributed by atoms with E-state index in [2.05, 4.69) is 41.3 Å². The molecule has 1 aromatic carbocycles. The van der Waals surface area contributed by atoms with E-state index >= 15 is 0 Å². The summed E-state index contributed by atoms with van der Waals surface area (Å²) in [6.45, 7) is 5.92. The lowest BCUT2D eigenvalue weighted by Crippen LogP contribution is -2.34. The third-order valence-electron chi connectivity index (χ3n) is 2.62. The van der Waals surface area contributed by atoms with Gasteiger partial charge in [0.05, 0.1) is 5.52 Å². The first-order valence-electron chi connectivity index (χ1n) is 5.55. The van der Waals surface area contributed by atoms with Crippen LogP contribution in [0.4, 0.5) is 5.00 Å². The van der Waals surface area contributed by atoms with Crippen LogP contribution >= 0.6 is 11.5 Å². The summed E-state index contributed by atoms with van der Waals surface area (Å²) in [5.74, 6) is 0. The molecule has 0 aliphatic carbocycles. The van der Waals surface area contributed by atoms with E-state index in [0.717, 1.165) is 12.1 Å². The topological polar surface area (TPSA) is 42.1 Å². The number of nitrogens with zero attached hydrogens (tertiary/aromatic N) is 2. The Kier molecular flexibility index (Phi) is 3.41. The molecule has 2 aromatic rings. The highest BCUT2D eigenvalue weighted by Crippen LogP contribution is 2.31. The molecule has 0 spiro atoms. The van der Waals surface area contributed by atoms with Crippen molar-refractivity contribution in [3.8, 4) is 0 Å². The summed E-state index contributed by atoms with van der Waals surface area (Å²) in [6, 6.07) is 8.71. The second-order valence-corrected chi connectivity index (χ2v) is 4.83. The molecule has 0 aliphatic heterocycles. The van der Waals surface area contributed by atoms with Gasteiger partial charge in [0, 0.05) is 24.5 Å². The maximum absolute atomic E-state index is 5.66. The minimum Gasteiger partial charge on any atom is -0.358 e. The fraction of sp³-hybridized carbons (Fsp3) is 0.417. The number of nitrogens with two attached hydrogens (primary N) is 1. The first-order chi connectivity index (χ1) is 7.74. The smallest absolute Gasteiger partial charge is 0.120 e. The van der Waals surface area contributed by atoms with Crippen LogP contribution in [0.2, 0.25) is 0 Å². The standard InChI is InChI=1S/C12H17N3S/c1-9(2)15(8-7-13)12-10-5-3-4-6-11(10)14-16-12/h3-6,9H,7-8,13H2,1-2H3. The molecule has 3 nitrogen and oxygen atoms in total. The molecule has 2 rings (SSSR count). The van der Waals surface area contributed by atoms with Crippen molar-refractivity contribution in [2.45, 2.75) is 19.9 Å². The van der Waals surface area contributed by atoms with Crippen LogP contribution in [-0.4, -0.2) is 23.5 Å². The molecule has 0 unspecified atom stereocenters. The molecule has 2 N–H and O–H groups in total. The number of rotatable bonds is 4. The molecule has 0 fully saturated rings. The van der Waals surface area contributed by atoms with Crippen LogP contribution < -0.4 is 10.6 Å². The van der Waals surface area contributed by atoms with E-state index < -0.39 is 0 Å². The number of hydrogen-bond acceptors (Lipinski definition) is 4. The van der Waals surface area contributed by atoms with Crippen molar-refractivity contribution < 1.29 is 0 Å². The zero-order valence-corrected chi connectivity index (χ0v) is 10.5. The zero-order valence-electron chi connectivity index (χ0n) is 9.68. The van der Waals surface area contributed by atoms with Crippen molar-refractivity contribution in [3.63, 3.8) is 0 Å². The van der Waals surface area contributed by atoms with Crippen molar-refractivity contribution >= 4 is 27.4 Å². The molecule has 86 valence electrons. The predicted octanol–water partition coefficient (Wildman–Crippen LogP) is 2.47. The molecule has 1 aromatic heterocycles. The van der Waals surface area contributed by atoms with Crippen LogP contribution in [0.5, 0.6) is 0 Å². The van der Waals surface area contributed by atoms with Crippen molar-refractivity contribution in [3.05, 3.63) is 24.3 Å². The Bertz CT molecular complexity index is 464. The van der Waals surface area contributed by atoms with Gasteiger partial charge < -0.3 is 10.6 Å². The van der Waals surface area contributed by atoms with Gasteiger partial charge >= 0.3 is 0 Å². The second kappa shape index (κ2) is 4.80. The minimum absolute atomic E-state index is 0.451. The molecule has 0 bridgehead atoms. The predicted molar refractivity (Wildman–Crippen MR) is 71.2 cm³/mol. The van der Waals surface area contributed by atoms with Gasteiger partial charge in [-0.2, -0.15) is 4.37 Å². The van der Waals surface area contributed by atoms with Crippen molar-refractivity contribution in [1.29, 1.82) is 0 Å². The Morgan fingerprint density at radius 1 is 1.38 bits per heavy atom. The van der Waals surface area contributed by atoms with E-state index in [9.17, 15) is 0 Å². The molecule has 1 heterocycles.